The molecule has 0 fully saturated rings. The zero-order valence-corrected chi connectivity index (χ0v) is 11.1. The van der Waals surface area contributed by atoms with Gasteiger partial charge in [0, 0.05) is 0 Å². The van der Waals surface area contributed by atoms with Crippen LogP contribution in [0.2, 0.25) is 0 Å². The van der Waals surface area contributed by atoms with Crippen LogP contribution in [0.4, 0.5) is 0 Å². The zero-order chi connectivity index (χ0) is 14.1. The molecule has 0 spiro atoms. The lowest BCUT2D eigenvalue weighted by Gasteiger charge is -2.11. The van der Waals surface area contributed by atoms with E-state index in [2.05, 4.69) is 31.2 Å². The van der Waals surface area contributed by atoms with Gasteiger partial charge in [-0.25, -0.2) is 4.79 Å². The summed E-state index contributed by atoms with van der Waals surface area (Å²) in [5, 5.41) is 11.4. The molecule has 2 heteroatoms. The normalized spacial score (nSPS) is 10.7. The van der Waals surface area contributed by atoms with Crippen LogP contribution in [0.1, 0.15) is 15.9 Å². The van der Waals surface area contributed by atoms with E-state index in [1.165, 1.54) is 0 Å². The second kappa shape index (κ2) is 4.82. The molecule has 20 heavy (non-hydrogen) atoms. The third-order valence-electron chi connectivity index (χ3n) is 3.54. The second-order valence-corrected chi connectivity index (χ2v) is 4.86. The van der Waals surface area contributed by atoms with Crippen molar-refractivity contribution >= 4 is 16.7 Å². The lowest BCUT2D eigenvalue weighted by atomic mass is 9.93. The Kier molecular flexibility index (Phi) is 2.99. The van der Waals surface area contributed by atoms with Gasteiger partial charge >= 0.3 is 5.97 Å². The molecule has 0 saturated carbocycles. The third kappa shape index (κ3) is 2.05. The quantitative estimate of drug-likeness (QED) is 0.737. The van der Waals surface area contributed by atoms with E-state index in [4.69, 9.17) is 5.11 Å². The van der Waals surface area contributed by atoms with Crippen molar-refractivity contribution in [3.63, 3.8) is 0 Å². The summed E-state index contributed by atoms with van der Waals surface area (Å²) in [6.07, 6.45) is 0. The fourth-order valence-corrected chi connectivity index (χ4v) is 2.57. The van der Waals surface area contributed by atoms with Crippen molar-refractivity contribution < 1.29 is 9.90 Å². The highest BCUT2D eigenvalue weighted by Crippen LogP contribution is 2.32. The molecule has 1 N–H and O–H groups in total. The first-order valence-electron chi connectivity index (χ1n) is 6.49. The largest absolute Gasteiger partial charge is 0.478 e. The Labute approximate surface area is 117 Å². The van der Waals surface area contributed by atoms with Crippen LogP contribution in [0.25, 0.3) is 21.9 Å². The Morgan fingerprint density at radius 3 is 2.55 bits per heavy atom. The van der Waals surface area contributed by atoms with Crippen LogP contribution in [-0.2, 0) is 0 Å². The molecule has 0 aliphatic rings. The summed E-state index contributed by atoms with van der Waals surface area (Å²) in [6.45, 7) is 2.05. The van der Waals surface area contributed by atoms with E-state index in [1.807, 2.05) is 18.2 Å². The smallest absolute Gasteiger partial charge is 0.335 e. The average Bonchev–Trinajstić information content (AvgIpc) is 2.47. The van der Waals surface area contributed by atoms with Gasteiger partial charge in [0.1, 0.15) is 0 Å². The number of rotatable bonds is 2. The maximum Gasteiger partial charge on any atom is 0.335 e. The fourth-order valence-electron chi connectivity index (χ4n) is 2.57. The fraction of sp³-hybridized carbons (Fsp3) is 0.0556. The molecule has 0 aliphatic carbocycles. The van der Waals surface area contributed by atoms with Crippen LogP contribution in [-0.4, -0.2) is 11.1 Å². The number of carboxylic acids is 1. The zero-order valence-electron chi connectivity index (χ0n) is 11.1. The average molecular weight is 262 g/mol. The van der Waals surface area contributed by atoms with Gasteiger partial charge in [-0.2, -0.15) is 0 Å². The standard InChI is InChI=1S/C18H14O2/c1-12-9-10-13-5-2-3-8-16(13)17(12)14-6-4-7-15(11-14)18(19)20/h2-11H,1H3,(H,19,20). The van der Waals surface area contributed by atoms with Gasteiger partial charge in [0.15, 0.2) is 0 Å². The molecule has 0 aromatic heterocycles. The Bertz CT molecular complexity index is 803. The van der Waals surface area contributed by atoms with E-state index in [9.17, 15) is 4.79 Å². The Hall–Kier alpha value is -2.61. The van der Waals surface area contributed by atoms with E-state index in [1.54, 1.807) is 18.2 Å². The summed E-state index contributed by atoms with van der Waals surface area (Å²) in [4.78, 5) is 11.1. The van der Waals surface area contributed by atoms with Crippen LogP contribution >= 0.6 is 0 Å². The van der Waals surface area contributed by atoms with Gasteiger partial charge in [0.25, 0.3) is 0 Å². The predicted octanol–water partition coefficient (Wildman–Crippen LogP) is 4.51. The van der Waals surface area contributed by atoms with Gasteiger partial charge in [0.05, 0.1) is 5.56 Å². The highest BCUT2D eigenvalue weighted by molar-refractivity contribution is 5.99. The molecular weight excluding hydrogens is 248 g/mol. The van der Waals surface area contributed by atoms with Gasteiger partial charge in [-0.1, -0.05) is 48.5 Å². The van der Waals surface area contributed by atoms with Crippen molar-refractivity contribution in [1.82, 2.24) is 0 Å². The van der Waals surface area contributed by atoms with Crippen molar-refractivity contribution in [1.29, 1.82) is 0 Å². The van der Waals surface area contributed by atoms with E-state index in [-0.39, 0.29) is 0 Å². The number of fused-ring (bicyclic) bond motifs is 1. The van der Waals surface area contributed by atoms with Crippen LogP contribution in [0, 0.1) is 6.92 Å². The number of carboxylic acid groups (broad SMARTS) is 1. The summed E-state index contributed by atoms with van der Waals surface area (Å²) in [7, 11) is 0. The van der Waals surface area contributed by atoms with Gasteiger partial charge in [-0.15, -0.1) is 0 Å². The lowest BCUT2D eigenvalue weighted by Crippen LogP contribution is -1.96. The maximum atomic E-state index is 11.1. The minimum Gasteiger partial charge on any atom is -0.478 e. The Morgan fingerprint density at radius 1 is 0.950 bits per heavy atom. The summed E-state index contributed by atoms with van der Waals surface area (Å²) >= 11 is 0. The number of aromatic carboxylic acids is 1. The first-order valence-corrected chi connectivity index (χ1v) is 6.49. The number of benzene rings is 3. The minimum atomic E-state index is -0.898. The molecule has 0 bridgehead atoms. The molecule has 0 heterocycles. The highest BCUT2D eigenvalue weighted by atomic mass is 16.4. The van der Waals surface area contributed by atoms with Crippen molar-refractivity contribution in [2.45, 2.75) is 6.92 Å². The van der Waals surface area contributed by atoms with Crippen LogP contribution < -0.4 is 0 Å². The van der Waals surface area contributed by atoms with Crippen molar-refractivity contribution in [2.75, 3.05) is 0 Å². The maximum absolute atomic E-state index is 11.1. The second-order valence-electron chi connectivity index (χ2n) is 4.86. The SMILES string of the molecule is Cc1ccc2ccccc2c1-c1cccc(C(=O)O)c1. The van der Waals surface area contributed by atoms with Crippen LogP contribution in [0.5, 0.6) is 0 Å². The van der Waals surface area contributed by atoms with Gasteiger partial charge in [-0.05, 0) is 46.5 Å². The first kappa shape index (κ1) is 12.4. The monoisotopic (exact) mass is 262 g/mol. The number of hydrogen-bond donors (Lipinski definition) is 1. The number of aryl methyl sites for hydroxylation is 1. The van der Waals surface area contributed by atoms with E-state index in [0.29, 0.717) is 5.56 Å². The molecule has 98 valence electrons. The van der Waals surface area contributed by atoms with Crippen LogP contribution in [0.15, 0.2) is 60.7 Å². The Balaban J connectivity index is 2.31. The lowest BCUT2D eigenvalue weighted by molar-refractivity contribution is 0.0697. The summed E-state index contributed by atoms with van der Waals surface area (Å²) < 4.78 is 0. The highest BCUT2D eigenvalue weighted by Gasteiger charge is 2.09. The molecular formula is C18H14O2. The molecule has 0 amide bonds. The molecule has 0 aliphatic heterocycles. The van der Waals surface area contributed by atoms with Crippen molar-refractivity contribution in [3.05, 3.63) is 71.8 Å². The number of hydrogen-bond acceptors (Lipinski definition) is 1. The van der Waals surface area contributed by atoms with E-state index < -0.39 is 5.97 Å². The molecule has 0 radical (unpaired) electrons. The molecule has 3 aromatic carbocycles. The molecule has 0 saturated heterocycles. The van der Waals surface area contributed by atoms with Gasteiger partial charge in [-0.3, -0.25) is 0 Å². The number of carbonyl (C=O) groups is 1. The van der Waals surface area contributed by atoms with E-state index in [0.717, 1.165) is 27.5 Å². The minimum absolute atomic E-state index is 0.315. The molecule has 3 rings (SSSR count). The molecule has 2 nitrogen and oxygen atoms in total. The van der Waals surface area contributed by atoms with E-state index >= 15 is 0 Å². The topological polar surface area (TPSA) is 37.3 Å². The molecule has 0 unspecified atom stereocenters. The summed E-state index contributed by atoms with van der Waals surface area (Å²) in [5.74, 6) is -0.898. The molecule has 3 aromatic rings. The Morgan fingerprint density at radius 2 is 1.75 bits per heavy atom. The summed E-state index contributed by atoms with van der Waals surface area (Å²) in [5.41, 5.74) is 3.51. The van der Waals surface area contributed by atoms with Crippen molar-refractivity contribution in [2.24, 2.45) is 0 Å². The predicted molar refractivity (Wildman–Crippen MR) is 81.1 cm³/mol. The van der Waals surface area contributed by atoms with Gasteiger partial charge in [0.2, 0.25) is 0 Å². The van der Waals surface area contributed by atoms with Gasteiger partial charge < -0.3 is 5.11 Å². The molecule has 0 atom stereocenters. The summed E-state index contributed by atoms with van der Waals surface area (Å²) in [6, 6.07) is 19.4. The third-order valence-corrected chi connectivity index (χ3v) is 3.54. The first-order chi connectivity index (χ1) is 9.66. The van der Waals surface area contributed by atoms with Crippen LogP contribution in [0.3, 0.4) is 0 Å². The van der Waals surface area contributed by atoms with Crippen molar-refractivity contribution in [3.8, 4) is 11.1 Å².